The molecule has 1 aromatic heterocycles. The Morgan fingerprint density at radius 1 is 1.24 bits per heavy atom. The molecule has 1 atom stereocenters. The number of para-hydroxylation sites is 1. The number of fused-ring (bicyclic) bond motifs is 1. The van der Waals surface area contributed by atoms with Crippen LogP contribution in [0.15, 0.2) is 24.3 Å². The van der Waals surface area contributed by atoms with Gasteiger partial charge < -0.3 is 4.74 Å². The molecule has 2 aromatic rings. The number of hydrogen-bond acceptors (Lipinski definition) is 3. The zero-order valence-electron chi connectivity index (χ0n) is 9.74. The summed E-state index contributed by atoms with van der Waals surface area (Å²) in [6, 6.07) is 5.86. The molecular formula is C10H5Cl3F4N2OS. The number of hydrogen-bond donors (Lipinski definition) is 0. The van der Waals surface area contributed by atoms with E-state index >= 15 is 0 Å². The number of ether oxygens (including phenoxy) is 1. The molecule has 0 fully saturated rings. The van der Waals surface area contributed by atoms with Crippen molar-refractivity contribution in [3.8, 4) is 5.88 Å². The Kier molecular flexibility index (Phi) is 4.72. The first-order chi connectivity index (χ1) is 9.60. The highest BCUT2D eigenvalue weighted by Gasteiger charge is 2.43. The van der Waals surface area contributed by atoms with Crippen molar-refractivity contribution < 1.29 is 22.3 Å². The molecule has 0 aliphatic heterocycles. The van der Waals surface area contributed by atoms with Gasteiger partial charge >= 0.3 is 10.0 Å². The summed E-state index contributed by atoms with van der Waals surface area (Å²) in [5, 5.41) is 3.67. The standard InChI is InChI=1S/C10H5Cl3F4N2OS/c11-8(14)9(15,16)20-7-5-3-1-2-4-6(5)19(18-7)21-10(12,13)17/h1-4,8H. The van der Waals surface area contributed by atoms with Crippen LogP contribution in [0.25, 0.3) is 10.9 Å². The second-order valence-corrected chi connectivity index (χ2v) is 6.85. The molecule has 3 nitrogen and oxygen atoms in total. The maximum absolute atomic E-state index is 13.2. The Morgan fingerprint density at radius 3 is 2.43 bits per heavy atom. The summed E-state index contributed by atoms with van der Waals surface area (Å²) in [6.07, 6.45) is -4.30. The molecule has 0 N–H and O–H groups in total. The number of alkyl halides is 7. The summed E-state index contributed by atoms with van der Waals surface area (Å²) in [4.78, 5) is 0. The monoisotopic (exact) mass is 382 g/mol. The lowest BCUT2D eigenvalue weighted by Gasteiger charge is -2.15. The second kappa shape index (κ2) is 5.91. The van der Waals surface area contributed by atoms with Gasteiger partial charge in [0.25, 0.3) is 5.63 Å². The van der Waals surface area contributed by atoms with Crippen LogP contribution in [0.4, 0.5) is 17.6 Å². The van der Waals surface area contributed by atoms with Gasteiger partial charge in [-0.25, -0.2) is 4.39 Å². The van der Waals surface area contributed by atoms with Crippen molar-refractivity contribution >= 4 is 57.7 Å². The molecule has 0 saturated carbocycles. The Hall–Kier alpha value is -0.570. The van der Waals surface area contributed by atoms with Crippen LogP contribution >= 0.6 is 46.8 Å². The van der Waals surface area contributed by atoms with Crippen LogP contribution in [0, 0.1) is 0 Å². The van der Waals surface area contributed by atoms with E-state index in [9.17, 15) is 17.6 Å². The third-order valence-corrected chi connectivity index (χ3v) is 3.53. The molecule has 0 radical (unpaired) electrons. The minimum atomic E-state index is -4.30. The Labute approximate surface area is 135 Å². The molecule has 1 aromatic carbocycles. The molecule has 11 heteroatoms. The van der Waals surface area contributed by atoms with E-state index in [0.717, 1.165) is 4.09 Å². The number of benzene rings is 1. The van der Waals surface area contributed by atoms with Crippen LogP contribution in [-0.2, 0) is 0 Å². The predicted molar refractivity (Wildman–Crippen MR) is 74.6 cm³/mol. The first-order valence-electron chi connectivity index (χ1n) is 5.19. The lowest BCUT2D eigenvalue weighted by molar-refractivity contribution is -0.200. The molecule has 0 aliphatic rings. The SMILES string of the molecule is FC(Cl)C(F)(F)Oc1nn(SC(F)(Cl)Cl)c2ccccc12. The van der Waals surface area contributed by atoms with Gasteiger partial charge in [-0.3, -0.25) is 0 Å². The van der Waals surface area contributed by atoms with Crippen LogP contribution in [0.5, 0.6) is 5.88 Å². The van der Waals surface area contributed by atoms with Crippen molar-refractivity contribution in [1.82, 2.24) is 9.19 Å². The molecule has 21 heavy (non-hydrogen) atoms. The highest BCUT2D eigenvalue weighted by atomic mass is 35.5. The summed E-state index contributed by atoms with van der Waals surface area (Å²) in [5.41, 5.74) is -2.88. The highest BCUT2D eigenvalue weighted by Crippen LogP contribution is 2.41. The van der Waals surface area contributed by atoms with Gasteiger partial charge in [0, 0.05) is 0 Å². The summed E-state index contributed by atoms with van der Waals surface area (Å²) in [6.45, 7) is 0. The number of halogens is 7. The molecular weight excluding hydrogens is 379 g/mol. The van der Waals surface area contributed by atoms with Gasteiger partial charge in [0.15, 0.2) is 0 Å². The largest absolute Gasteiger partial charge is 0.445 e. The number of aromatic nitrogens is 2. The molecule has 0 spiro atoms. The van der Waals surface area contributed by atoms with E-state index in [2.05, 4.69) is 9.84 Å². The average molecular weight is 384 g/mol. The highest BCUT2D eigenvalue weighted by molar-refractivity contribution is 8.01. The average Bonchev–Trinajstić information content (AvgIpc) is 2.65. The van der Waals surface area contributed by atoms with Crippen molar-refractivity contribution in [3.63, 3.8) is 0 Å². The van der Waals surface area contributed by atoms with Crippen molar-refractivity contribution in [1.29, 1.82) is 0 Å². The van der Waals surface area contributed by atoms with Crippen LogP contribution in [0.1, 0.15) is 0 Å². The van der Waals surface area contributed by atoms with E-state index in [4.69, 9.17) is 34.8 Å². The number of rotatable bonds is 5. The van der Waals surface area contributed by atoms with E-state index in [-0.39, 0.29) is 22.9 Å². The molecule has 0 aliphatic carbocycles. The smallest absolute Gasteiger partial charge is 0.409 e. The molecule has 1 heterocycles. The lowest BCUT2D eigenvalue weighted by atomic mass is 10.2. The fourth-order valence-electron chi connectivity index (χ4n) is 1.43. The minimum Gasteiger partial charge on any atom is -0.409 e. The molecule has 1 unspecified atom stereocenters. The topological polar surface area (TPSA) is 27.1 Å². The van der Waals surface area contributed by atoms with Gasteiger partial charge in [-0.1, -0.05) is 46.9 Å². The first kappa shape index (κ1) is 16.8. The molecule has 0 amide bonds. The van der Waals surface area contributed by atoms with E-state index in [1.807, 2.05) is 0 Å². The van der Waals surface area contributed by atoms with E-state index in [1.165, 1.54) is 18.2 Å². The first-order valence-corrected chi connectivity index (χ1v) is 7.16. The fraction of sp³-hybridized carbons (Fsp3) is 0.300. The van der Waals surface area contributed by atoms with Gasteiger partial charge in [-0.05, 0) is 12.1 Å². The van der Waals surface area contributed by atoms with Crippen molar-refractivity contribution in [2.24, 2.45) is 0 Å². The van der Waals surface area contributed by atoms with Crippen LogP contribution in [0.2, 0.25) is 0 Å². The maximum atomic E-state index is 13.2. The van der Waals surface area contributed by atoms with Gasteiger partial charge in [-0.15, -0.1) is 5.10 Å². The summed E-state index contributed by atoms with van der Waals surface area (Å²) in [5.74, 6) is -0.635. The molecule has 2 rings (SSSR count). The van der Waals surface area contributed by atoms with Gasteiger partial charge in [0.2, 0.25) is 5.88 Å². The number of nitrogens with zero attached hydrogens (tertiary/aromatic N) is 2. The molecule has 0 saturated heterocycles. The second-order valence-electron chi connectivity index (χ2n) is 3.70. The Bertz CT molecular complexity index is 647. The van der Waals surface area contributed by atoms with Gasteiger partial charge in [-0.2, -0.15) is 17.3 Å². The minimum absolute atomic E-state index is 0.0829. The Balaban J connectivity index is 2.46. The van der Waals surface area contributed by atoms with Crippen LogP contribution < -0.4 is 4.74 Å². The summed E-state index contributed by atoms with van der Waals surface area (Å²) >= 11 is 15.3. The third-order valence-electron chi connectivity index (χ3n) is 2.20. The zero-order valence-corrected chi connectivity index (χ0v) is 12.8. The van der Waals surface area contributed by atoms with Gasteiger partial charge in [0.05, 0.1) is 22.9 Å². The normalized spacial score (nSPS) is 14.4. The lowest BCUT2D eigenvalue weighted by Crippen LogP contribution is -2.33. The van der Waals surface area contributed by atoms with Crippen molar-refractivity contribution in [3.05, 3.63) is 24.3 Å². The van der Waals surface area contributed by atoms with Crippen LogP contribution in [-0.4, -0.2) is 24.8 Å². The third kappa shape index (κ3) is 4.00. The molecule has 116 valence electrons. The maximum Gasteiger partial charge on any atom is 0.445 e. The van der Waals surface area contributed by atoms with Crippen molar-refractivity contribution in [2.45, 2.75) is 15.7 Å². The van der Waals surface area contributed by atoms with Gasteiger partial charge in [0.1, 0.15) is 0 Å². The predicted octanol–water partition coefficient (Wildman–Crippen LogP) is 5.10. The fourth-order valence-corrected chi connectivity index (χ4v) is 2.43. The zero-order chi connectivity index (χ0) is 15.8. The van der Waals surface area contributed by atoms with E-state index in [1.54, 1.807) is 6.07 Å². The van der Waals surface area contributed by atoms with E-state index in [0.29, 0.717) is 0 Å². The van der Waals surface area contributed by atoms with Crippen LogP contribution in [0.3, 0.4) is 0 Å². The quantitative estimate of drug-likeness (QED) is 0.531. The summed E-state index contributed by atoms with van der Waals surface area (Å²) < 4.78 is 54.5. The van der Waals surface area contributed by atoms with E-state index < -0.39 is 21.5 Å². The summed E-state index contributed by atoms with van der Waals surface area (Å²) in [7, 11) is 0. The van der Waals surface area contributed by atoms with Crippen molar-refractivity contribution in [2.75, 3.05) is 0 Å². The Morgan fingerprint density at radius 2 is 1.86 bits per heavy atom. The molecule has 0 bridgehead atoms.